The lowest BCUT2D eigenvalue weighted by Crippen LogP contribution is -2.46. The van der Waals surface area contributed by atoms with Crippen LogP contribution >= 0.6 is 0 Å². The summed E-state index contributed by atoms with van der Waals surface area (Å²) in [5, 5.41) is 0. The van der Waals surface area contributed by atoms with E-state index in [0.717, 1.165) is 31.4 Å². The first-order valence-corrected chi connectivity index (χ1v) is 7.26. The molecule has 1 aromatic carbocycles. The van der Waals surface area contributed by atoms with Gasteiger partial charge in [0.25, 0.3) is 0 Å². The lowest BCUT2D eigenvalue weighted by molar-refractivity contribution is -0.128. The molecule has 0 spiro atoms. The monoisotopic (exact) mass is 258 g/mol. The molecule has 0 amide bonds. The molecule has 0 aromatic heterocycles. The van der Waals surface area contributed by atoms with E-state index in [1.165, 1.54) is 11.1 Å². The van der Waals surface area contributed by atoms with Crippen LogP contribution in [0.5, 0.6) is 5.75 Å². The van der Waals surface area contributed by atoms with Gasteiger partial charge >= 0.3 is 0 Å². The minimum absolute atomic E-state index is 0.148. The number of ketones is 1. The number of fused-ring (bicyclic) bond motifs is 3. The molecule has 0 aliphatic heterocycles. The molecule has 2 aliphatic carbocycles. The van der Waals surface area contributed by atoms with Crippen molar-refractivity contribution >= 4 is 5.78 Å². The lowest BCUT2D eigenvalue weighted by Gasteiger charge is -2.48. The fourth-order valence-corrected chi connectivity index (χ4v) is 4.22. The fraction of sp³-hybridized carbons (Fsp3) is 0.588. The van der Waals surface area contributed by atoms with Crippen LogP contribution in [0, 0.1) is 11.8 Å². The van der Waals surface area contributed by atoms with Gasteiger partial charge in [-0.15, -0.1) is 0 Å². The summed E-state index contributed by atoms with van der Waals surface area (Å²) in [6.07, 6.45) is 3.95. The molecule has 2 heteroatoms. The number of methoxy groups -OCH3 is 1. The number of carbonyl (C=O) groups is 1. The fourth-order valence-electron chi connectivity index (χ4n) is 4.22. The van der Waals surface area contributed by atoms with E-state index < -0.39 is 0 Å². The van der Waals surface area contributed by atoms with Crippen LogP contribution in [-0.2, 0) is 16.6 Å². The van der Waals surface area contributed by atoms with Crippen LogP contribution in [0.4, 0.5) is 0 Å². The summed E-state index contributed by atoms with van der Waals surface area (Å²) in [5.41, 5.74) is 3.01. The van der Waals surface area contributed by atoms with Gasteiger partial charge in [0.1, 0.15) is 11.5 Å². The summed E-state index contributed by atoms with van der Waals surface area (Å²) in [5.74, 6) is 2.09. The van der Waals surface area contributed by atoms with E-state index in [-0.39, 0.29) is 11.3 Å². The van der Waals surface area contributed by atoms with Gasteiger partial charge in [0.2, 0.25) is 0 Å². The van der Waals surface area contributed by atoms with Crippen molar-refractivity contribution in [2.24, 2.45) is 11.8 Å². The molecule has 1 aromatic rings. The molecule has 1 fully saturated rings. The van der Waals surface area contributed by atoms with Gasteiger partial charge in [-0.1, -0.05) is 19.9 Å². The van der Waals surface area contributed by atoms with Crippen molar-refractivity contribution in [1.29, 1.82) is 0 Å². The maximum absolute atomic E-state index is 12.0. The van der Waals surface area contributed by atoms with Crippen LogP contribution in [0.3, 0.4) is 0 Å². The van der Waals surface area contributed by atoms with Gasteiger partial charge in [-0.05, 0) is 53.9 Å². The third kappa shape index (κ3) is 1.80. The number of Topliss-reactive ketones (excluding diaryl/α,β-unsaturated/α-hetero) is 1. The Morgan fingerprint density at radius 1 is 1.32 bits per heavy atom. The Hall–Kier alpha value is -1.31. The largest absolute Gasteiger partial charge is 0.497 e. The third-order valence-corrected chi connectivity index (χ3v) is 5.48. The van der Waals surface area contributed by atoms with Crippen LogP contribution < -0.4 is 4.74 Å². The smallest absolute Gasteiger partial charge is 0.136 e. The highest BCUT2D eigenvalue weighted by Gasteiger charge is 2.47. The predicted octanol–water partition coefficient (Wildman–Crippen LogP) is 3.51. The molecule has 0 radical (unpaired) electrons. The molecule has 102 valence electrons. The van der Waals surface area contributed by atoms with E-state index >= 15 is 0 Å². The second kappa shape index (κ2) is 4.36. The zero-order valence-corrected chi connectivity index (χ0v) is 12.0. The summed E-state index contributed by atoms with van der Waals surface area (Å²) >= 11 is 0. The van der Waals surface area contributed by atoms with Gasteiger partial charge in [-0.2, -0.15) is 0 Å². The van der Waals surface area contributed by atoms with E-state index in [4.69, 9.17) is 4.74 Å². The van der Waals surface area contributed by atoms with Crippen LogP contribution in [0.25, 0.3) is 0 Å². The minimum Gasteiger partial charge on any atom is -0.497 e. The number of carbonyl (C=O) groups excluding carboxylic acids is 1. The average molecular weight is 258 g/mol. The maximum Gasteiger partial charge on any atom is 0.136 e. The number of rotatable bonds is 1. The van der Waals surface area contributed by atoms with E-state index in [2.05, 4.69) is 32.0 Å². The van der Waals surface area contributed by atoms with E-state index in [1.807, 2.05) is 0 Å². The van der Waals surface area contributed by atoms with E-state index in [1.54, 1.807) is 7.11 Å². The molecule has 0 heterocycles. The van der Waals surface area contributed by atoms with Gasteiger partial charge in [0, 0.05) is 12.3 Å². The molecular formula is C17H22O2. The zero-order chi connectivity index (χ0) is 13.6. The Morgan fingerprint density at radius 3 is 2.84 bits per heavy atom. The quantitative estimate of drug-likeness (QED) is 0.770. The van der Waals surface area contributed by atoms with Gasteiger partial charge in [-0.25, -0.2) is 0 Å². The number of aryl methyl sites for hydroxylation is 1. The molecule has 0 bridgehead atoms. The SMILES string of the molecule is COc1ccc2c(c1)C1(C)CCC(=O)[C@@H](C)[C@@H]1CC2. The van der Waals surface area contributed by atoms with Gasteiger partial charge < -0.3 is 4.74 Å². The first-order chi connectivity index (χ1) is 9.06. The van der Waals surface area contributed by atoms with Crippen molar-refractivity contribution in [2.75, 3.05) is 7.11 Å². The van der Waals surface area contributed by atoms with Crippen molar-refractivity contribution in [3.63, 3.8) is 0 Å². The first-order valence-electron chi connectivity index (χ1n) is 7.26. The van der Waals surface area contributed by atoms with Gasteiger partial charge in [0.15, 0.2) is 0 Å². The van der Waals surface area contributed by atoms with Crippen LogP contribution in [-0.4, -0.2) is 12.9 Å². The highest BCUT2D eigenvalue weighted by atomic mass is 16.5. The lowest BCUT2D eigenvalue weighted by atomic mass is 9.55. The highest BCUT2D eigenvalue weighted by Crippen LogP contribution is 2.51. The van der Waals surface area contributed by atoms with Crippen LogP contribution in [0.1, 0.15) is 44.2 Å². The standard InChI is InChI=1S/C17H22O2/c1-11-14-7-5-12-4-6-13(19-3)10-15(12)17(14,2)9-8-16(11)18/h4,6,10-11,14H,5,7-9H2,1-3H3/t11-,14-,17?/m0/s1. The van der Waals surface area contributed by atoms with Crippen molar-refractivity contribution in [3.8, 4) is 5.75 Å². The van der Waals surface area contributed by atoms with Crippen LogP contribution in [0.2, 0.25) is 0 Å². The number of benzene rings is 1. The summed E-state index contributed by atoms with van der Waals surface area (Å²) < 4.78 is 5.39. The average Bonchev–Trinajstić information content (AvgIpc) is 2.43. The van der Waals surface area contributed by atoms with Crippen LogP contribution in [0.15, 0.2) is 18.2 Å². The van der Waals surface area contributed by atoms with Crippen molar-refractivity contribution in [1.82, 2.24) is 0 Å². The van der Waals surface area contributed by atoms with Crippen molar-refractivity contribution in [3.05, 3.63) is 29.3 Å². The Morgan fingerprint density at radius 2 is 2.11 bits per heavy atom. The van der Waals surface area contributed by atoms with Crippen molar-refractivity contribution < 1.29 is 9.53 Å². The summed E-state index contributed by atoms with van der Waals surface area (Å²) in [6.45, 7) is 4.47. The number of ether oxygens (including phenoxy) is 1. The molecule has 0 N–H and O–H groups in total. The topological polar surface area (TPSA) is 26.3 Å². The molecule has 3 rings (SSSR count). The summed E-state index contributed by atoms with van der Waals surface area (Å²) in [7, 11) is 1.72. The predicted molar refractivity (Wildman–Crippen MR) is 75.6 cm³/mol. The Bertz CT molecular complexity index is 520. The minimum atomic E-state index is 0.148. The highest BCUT2D eigenvalue weighted by molar-refractivity contribution is 5.82. The Labute approximate surface area is 115 Å². The first kappa shape index (κ1) is 12.7. The normalized spacial score (nSPS) is 33.5. The van der Waals surface area contributed by atoms with Crippen molar-refractivity contribution in [2.45, 2.75) is 44.9 Å². The molecular weight excluding hydrogens is 236 g/mol. The maximum atomic E-state index is 12.0. The Kier molecular flexibility index (Phi) is 2.92. The molecule has 19 heavy (non-hydrogen) atoms. The van der Waals surface area contributed by atoms with Gasteiger partial charge in [0.05, 0.1) is 7.11 Å². The molecule has 0 saturated heterocycles. The van der Waals surface area contributed by atoms with Gasteiger partial charge in [-0.3, -0.25) is 4.79 Å². The number of hydrogen-bond acceptors (Lipinski definition) is 2. The third-order valence-electron chi connectivity index (χ3n) is 5.48. The molecule has 2 aliphatic rings. The number of hydrogen-bond donors (Lipinski definition) is 0. The van der Waals surface area contributed by atoms with E-state index in [0.29, 0.717) is 11.7 Å². The summed E-state index contributed by atoms with van der Waals surface area (Å²) in [6, 6.07) is 6.46. The molecule has 2 nitrogen and oxygen atoms in total. The van der Waals surface area contributed by atoms with E-state index in [9.17, 15) is 4.79 Å². The second-order valence-electron chi connectivity index (χ2n) is 6.34. The second-order valence-corrected chi connectivity index (χ2v) is 6.34. The molecule has 1 saturated carbocycles. The molecule has 1 unspecified atom stereocenters. The molecule has 3 atom stereocenters. The Balaban J connectivity index is 2.09. The zero-order valence-electron chi connectivity index (χ0n) is 12.0. The summed E-state index contributed by atoms with van der Waals surface area (Å²) in [4.78, 5) is 12.0.